The lowest BCUT2D eigenvalue weighted by molar-refractivity contribution is 0.337. The van der Waals surface area contributed by atoms with Gasteiger partial charge in [-0.05, 0) is 45.0 Å². The van der Waals surface area contributed by atoms with Crippen molar-refractivity contribution < 1.29 is 4.74 Å². The summed E-state index contributed by atoms with van der Waals surface area (Å²) in [6, 6.07) is 5.78. The molecule has 1 saturated heterocycles. The molecule has 94 valence electrons. The molecule has 0 amide bonds. The second kappa shape index (κ2) is 6.45. The van der Waals surface area contributed by atoms with Crippen molar-refractivity contribution in [2.24, 2.45) is 0 Å². The largest absolute Gasteiger partial charge is 0.481 e. The van der Waals surface area contributed by atoms with Crippen LogP contribution in [0.25, 0.3) is 0 Å². The number of nitrogens with zero attached hydrogens (tertiary/aromatic N) is 2. The monoisotopic (exact) mass is 235 g/mol. The number of hydrogen-bond acceptors (Lipinski definition) is 4. The Morgan fingerprint density at radius 2 is 2.18 bits per heavy atom. The van der Waals surface area contributed by atoms with E-state index in [4.69, 9.17) is 4.74 Å². The molecule has 2 rings (SSSR count). The van der Waals surface area contributed by atoms with Crippen LogP contribution in [-0.4, -0.2) is 43.2 Å². The molecule has 1 aromatic heterocycles. The third-order valence-corrected chi connectivity index (χ3v) is 3.09. The van der Waals surface area contributed by atoms with Crippen LogP contribution in [0.5, 0.6) is 5.88 Å². The maximum Gasteiger partial charge on any atom is 0.214 e. The van der Waals surface area contributed by atoms with E-state index in [1.165, 1.54) is 38.9 Å². The molecule has 17 heavy (non-hydrogen) atoms. The van der Waals surface area contributed by atoms with Crippen LogP contribution in [0.1, 0.15) is 19.3 Å². The zero-order valence-electron chi connectivity index (χ0n) is 10.5. The predicted molar refractivity (Wildman–Crippen MR) is 69.6 cm³/mol. The second-order valence-electron chi connectivity index (χ2n) is 4.39. The molecule has 0 radical (unpaired) electrons. The van der Waals surface area contributed by atoms with Gasteiger partial charge in [0.2, 0.25) is 5.88 Å². The fourth-order valence-electron chi connectivity index (χ4n) is 2.15. The van der Waals surface area contributed by atoms with Crippen molar-refractivity contribution in [3.05, 3.63) is 18.2 Å². The third kappa shape index (κ3) is 3.89. The maximum absolute atomic E-state index is 5.08. The van der Waals surface area contributed by atoms with Crippen molar-refractivity contribution >= 4 is 5.82 Å². The van der Waals surface area contributed by atoms with Crippen molar-refractivity contribution in [1.29, 1.82) is 0 Å². The van der Waals surface area contributed by atoms with Gasteiger partial charge in [-0.3, -0.25) is 0 Å². The Balaban J connectivity index is 1.66. The van der Waals surface area contributed by atoms with Gasteiger partial charge < -0.3 is 15.0 Å². The van der Waals surface area contributed by atoms with E-state index in [0.717, 1.165) is 12.4 Å². The van der Waals surface area contributed by atoms with Crippen molar-refractivity contribution in [3.8, 4) is 5.88 Å². The quantitative estimate of drug-likeness (QED) is 0.765. The number of rotatable bonds is 6. The summed E-state index contributed by atoms with van der Waals surface area (Å²) in [6.45, 7) is 4.71. The molecule has 1 N–H and O–H groups in total. The standard InChI is InChI=1S/C13H21N3O/c1-17-13-7-4-6-12(15-13)14-8-5-11-16-9-2-3-10-16/h4,6-7H,2-3,5,8-11H2,1H3,(H,14,15). The molecule has 4 heteroatoms. The van der Waals surface area contributed by atoms with Crippen LogP contribution in [0.4, 0.5) is 5.82 Å². The van der Waals surface area contributed by atoms with E-state index < -0.39 is 0 Å². The highest BCUT2D eigenvalue weighted by atomic mass is 16.5. The van der Waals surface area contributed by atoms with Crippen LogP contribution >= 0.6 is 0 Å². The summed E-state index contributed by atoms with van der Waals surface area (Å²) >= 11 is 0. The summed E-state index contributed by atoms with van der Waals surface area (Å²) in [6.07, 6.45) is 3.90. The molecule has 1 aliphatic heterocycles. The number of ether oxygens (including phenoxy) is 1. The van der Waals surface area contributed by atoms with Gasteiger partial charge in [0.25, 0.3) is 0 Å². The summed E-state index contributed by atoms with van der Waals surface area (Å²) < 4.78 is 5.08. The first-order chi connectivity index (χ1) is 8.38. The topological polar surface area (TPSA) is 37.4 Å². The van der Waals surface area contributed by atoms with Gasteiger partial charge >= 0.3 is 0 Å². The predicted octanol–water partition coefficient (Wildman–Crippen LogP) is 1.99. The average molecular weight is 235 g/mol. The highest BCUT2D eigenvalue weighted by molar-refractivity contribution is 5.36. The van der Waals surface area contributed by atoms with Gasteiger partial charge in [-0.2, -0.15) is 4.98 Å². The molecule has 1 aliphatic rings. The minimum Gasteiger partial charge on any atom is -0.481 e. The van der Waals surface area contributed by atoms with E-state index in [1.807, 2.05) is 18.2 Å². The van der Waals surface area contributed by atoms with E-state index in [9.17, 15) is 0 Å². The van der Waals surface area contributed by atoms with Crippen molar-refractivity contribution in [3.63, 3.8) is 0 Å². The molecule has 0 bridgehead atoms. The number of hydrogen-bond donors (Lipinski definition) is 1. The first-order valence-corrected chi connectivity index (χ1v) is 6.36. The van der Waals surface area contributed by atoms with E-state index >= 15 is 0 Å². The average Bonchev–Trinajstić information content (AvgIpc) is 2.88. The molecule has 0 atom stereocenters. The van der Waals surface area contributed by atoms with Crippen molar-refractivity contribution in [1.82, 2.24) is 9.88 Å². The number of anilines is 1. The van der Waals surface area contributed by atoms with E-state index in [-0.39, 0.29) is 0 Å². The van der Waals surface area contributed by atoms with Gasteiger partial charge in [-0.1, -0.05) is 6.07 Å². The summed E-state index contributed by atoms with van der Waals surface area (Å²) in [5.41, 5.74) is 0. The molecule has 0 unspecified atom stereocenters. The van der Waals surface area contributed by atoms with Crippen LogP contribution in [0.2, 0.25) is 0 Å². The highest BCUT2D eigenvalue weighted by Crippen LogP contribution is 2.11. The molecule has 0 spiro atoms. The van der Waals surface area contributed by atoms with E-state index in [0.29, 0.717) is 5.88 Å². The summed E-state index contributed by atoms with van der Waals surface area (Å²) in [7, 11) is 1.64. The van der Waals surface area contributed by atoms with Gasteiger partial charge in [0.1, 0.15) is 5.82 Å². The molecule has 0 aliphatic carbocycles. The Kier molecular flexibility index (Phi) is 4.62. The minimum absolute atomic E-state index is 0.662. The van der Waals surface area contributed by atoms with Crippen molar-refractivity contribution in [2.75, 3.05) is 38.6 Å². The lowest BCUT2D eigenvalue weighted by Crippen LogP contribution is -2.22. The zero-order valence-corrected chi connectivity index (χ0v) is 10.5. The SMILES string of the molecule is COc1cccc(NCCCN2CCCC2)n1. The van der Waals surface area contributed by atoms with E-state index in [2.05, 4.69) is 15.2 Å². The van der Waals surface area contributed by atoms with Gasteiger partial charge in [0.15, 0.2) is 0 Å². The van der Waals surface area contributed by atoms with Crippen LogP contribution in [0.3, 0.4) is 0 Å². The Morgan fingerprint density at radius 1 is 1.35 bits per heavy atom. The first-order valence-electron chi connectivity index (χ1n) is 6.36. The van der Waals surface area contributed by atoms with E-state index in [1.54, 1.807) is 7.11 Å². The van der Waals surface area contributed by atoms with Crippen LogP contribution in [0, 0.1) is 0 Å². The molecule has 1 fully saturated rings. The zero-order chi connectivity index (χ0) is 11.9. The highest BCUT2D eigenvalue weighted by Gasteiger charge is 2.09. The van der Waals surface area contributed by atoms with Gasteiger partial charge in [-0.15, -0.1) is 0 Å². The lowest BCUT2D eigenvalue weighted by atomic mass is 10.3. The van der Waals surface area contributed by atoms with Gasteiger partial charge in [0, 0.05) is 12.6 Å². The lowest BCUT2D eigenvalue weighted by Gasteiger charge is -2.14. The molecule has 0 saturated carbocycles. The van der Waals surface area contributed by atoms with Crippen LogP contribution < -0.4 is 10.1 Å². The van der Waals surface area contributed by atoms with Gasteiger partial charge in [0.05, 0.1) is 7.11 Å². The molecular weight excluding hydrogens is 214 g/mol. The molecular formula is C13H21N3O. The maximum atomic E-state index is 5.08. The Labute approximate surface area is 103 Å². The van der Waals surface area contributed by atoms with Crippen LogP contribution in [-0.2, 0) is 0 Å². The van der Waals surface area contributed by atoms with Gasteiger partial charge in [-0.25, -0.2) is 0 Å². The Bertz CT molecular complexity index is 337. The first kappa shape index (κ1) is 12.2. The smallest absolute Gasteiger partial charge is 0.214 e. The van der Waals surface area contributed by atoms with Crippen molar-refractivity contribution in [2.45, 2.75) is 19.3 Å². The molecule has 0 aromatic carbocycles. The fourth-order valence-corrected chi connectivity index (χ4v) is 2.15. The second-order valence-corrected chi connectivity index (χ2v) is 4.39. The normalized spacial score (nSPS) is 16.1. The summed E-state index contributed by atoms with van der Waals surface area (Å²) in [4.78, 5) is 6.84. The number of methoxy groups -OCH3 is 1. The number of aromatic nitrogens is 1. The number of pyridine rings is 1. The molecule has 4 nitrogen and oxygen atoms in total. The fraction of sp³-hybridized carbons (Fsp3) is 0.615. The minimum atomic E-state index is 0.662. The summed E-state index contributed by atoms with van der Waals surface area (Å²) in [5.74, 6) is 1.56. The van der Waals surface area contributed by atoms with Crippen LogP contribution in [0.15, 0.2) is 18.2 Å². The number of nitrogens with one attached hydrogen (secondary N) is 1. The molecule has 2 heterocycles. The molecule has 1 aromatic rings. The summed E-state index contributed by atoms with van der Waals surface area (Å²) in [5, 5.41) is 3.33. The Hall–Kier alpha value is -1.29. The third-order valence-electron chi connectivity index (χ3n) is 3.09. The Morgan fingerprint density at radius 3 is 2.94 bits per heavy atom. The number of likely N-dealkylation sites (tertiary alicyclic amines) is 1.